The van der Waals surface area contributed by atoms with Crippen molar-refractivity contribution in [3.8, 4) is 11.3 Å². The Balaban J connectivity index is 2.35. The molecule has 5 nitrogen and oxygen atoms in total. The third-order valence-electron chi connectivity index (χ3n) is 3.29. The van der Waals surface area contributed by atoms with Crippen molar-refractivity contribution in [1.82, 2.24) is 9.97 Å². The van der Waals surface area contributed by atoms with Crippen LogP contribution in [0.25, 0.3) is 22.3 Å². The summed E-state index contributed by atoms with van der Waals surface area (Å²) in [7, 11) is -3.41. The molecule has 0 unspecified atom stereocenters. The Morgan fingerprint density at radius 2 is 1.86 bits per heavy atom. The number of fused-ring (bicyclic) bond motifs is 1. The number of aliphatic hydroxyl groups is 1. The van der Waals surface area contributed by atoms with Gasteiger partial charge in [-0.2, -0.15) is 0 Å². The van der Waals surface area contributed by atoms with Gasteiger partial charge in [0.2, 0.25) is 0 Å². The average molecular weight is 313 g/mol. The lowest BCUT2D eigenvalue weighted by Gasteiger charge is -2.11. The summed E-state index contributed by atoms with van der Waals surface area (Å²) in [4.78, 5) is 8.83. The normalized spacial score (nSPS) is 11.7. The van der Waals surface area contributed by atoms with Crippen molar-refractivity contribution in [1.29, 1.82) is 0 Å². The lowest BCUT2D eigenvalue weighted by atomic mass is 10.1. The minimum Gasteiger partial charge on any atom is -0.385 e. The predicted molar refractivity (Wildman–Crippen MR) is 83.4 cm³/mol. The van der Waals surface area contributed by atoms with Crippen LogP contribution in [0.5, 0.6) is 0 Å². The molecule has 0 saturated heterocycles. The summed E-state index contributed by atoms with van der Waals surface area (Å²) < 4.78 is 24.0. The molecule has 0 aliphatic rings. The zero-order chi connectivity index (χ0) is 15.7. The summed E-state index contributed by atoms with van der Waals surface area (Å²) in [6.45, 7) is 0.912. The zero-order valence-corrected chi connectivity index (χ0v) is 12.6. The molecule has 0 spiro atoms. The second kappa shape index (κ2) is 5.47. The van der Waals surface area contributed by atoms with E-state index in [1.807, 2.05) is 0 Å². The second-order valence-electron chi connectivity index (χ2n) is 4.87. The summed E-state index contributed by atoms with van der Waals surface area (Å²) in [5.41, 5.74) is 2.54. The van der Waals surface area contributed by atoms with Crippen LogP contribution in [0.4, 0.5) is 0 Å². The van der Waals surface area contributed by atoms with Crippen molar-refractivity contribution in [3.63, 3.8) is 0 Å². The highest BCUT2D eigenvalue weighted by atomic mass is 32.2. The van der Waals surface area contributed by atoms with Crippen molar-refractivity contribution in [2.24, 2.45) is 0 Å². The number of aliphatic hydroxyl groups excluding tert-OH is 1. The van der Waals surface area contributed by atoms with E-state index in [-0.39, 0.29) is 4.90 Å². The van der Waals surface area contributed by atoms with E-state index in [9.17, 15) is 13.5 Å². The number of sulfone groups is 1. The molecular weight excluding hydrogens is 300 g/mol. The Labute approximate surface area is 128 Å². The highest BCUT2D eigenvalue weighted by Gasteiger charge is 2.18. The predicted octanol–water partition coefficient (Wildman–Crippen LogP) is 2.58. The zero-order valence-electron chi connectivity index (χ0n) is 11.8. The molecular formula is C16H13N2O3S. The standard InChI is InChI=1S/C16H13N2O3S/c1-22(20,21)15-7-3-2-5-12(15)16-11(10-19)9-14-13(18-16)6-4-8-17-14/h2-10,19H,1H3. The smallest absolute Gasteiger partial charge is 0.176 e. The highest BCUT2D eigenvalue weighted by Crippen LogP contribution is 2.30. The molecule has 2 heterocycles. The fourth-order valence-electron chi connectivity index (χ4n) is 2.32. The first kappa shape index (κ1) is 14.6. The van der Waals surface area contributed by atoms with Crippen molar-refractivity contribution in [3.05, 3.63) is 60.8 Å². The summed E-state index contributed by atoms with van der Waals surface area (Å²) in [6, 6.07) is 11.8. The number of hydrogen-bond acceptors (Lipinski definition) is 5. The first-order valence-corrected chi connectivity index (χ1v) is 8.42. The van der Waals surface area contributed by atoms with E-state index in [2.05, 4.69) is 9.97 Å². The first-order chi connectivity index (χ1) is 10.5. The van der Waals surface area contributed by atoms with Crippen LogP contribution in [0.1, 0.15) is 5.56 Å². The van der Waals surface area contributed by atoms with Gasteiger partial charge in [-0.05, 0) is 24.3 Å². The molecule has 6 heteroatoms. The molecule has 1 N–H and O–H groups in total. The molecule has 0 aliphatic carbocycles. The summed E-state index contributed by atoms with van der Waals surface area (Å²) in [5.74, 6) is 0. The van der Waals surface area contributed by atoms with Gasteiger partial charge in [-0.25, -0.2) is 13.4 Å². The third-order valence-corrected chi connectivity index (χ3v) is 4.45. The highest BCUT2D eigenvalue weighted by molar-refractivity contribution is 7.90. The summed E-state index contributed by atoms with van der Waals surface area (Å²) in [5, 5.41) is 9.49. The summed E-state index contributed by atoms with van der Waals surface area (Å²) in [6.07, 6.45) is 2.78. The summed E-state index contributed by atoms with van der Waals surface area (Å²) >= 11 is 0. The van der Waals surface area contributed by atoms with Gasteiger partial charge in [-0.15, -0.1) is 0 Å². The first-order valence-electron chi connectivity index (χ1n) is 6.53. The molecule has 0 amide bonds. The Kier molecular flexibility index (Phi) is 3.64. The average Bonchev–Trinajstić information content (AvgIpc) is 2.52. The van der Waals surface area contributed by atoms with Crippen molar-refractivity contribution in [2.45, 2.75) is 4.90 Å². The molecule has 1 aromatic carbocycles. The largest absolute Gasteiger partial charge is 0.385 e. The van der Waals surface area contributed by atoms with Crippen LogP contribution in [0, 0.1) is 6.61 Å². The van der Waals surface area contributed by atoms with E-state index in [0.29, 0.717) is 27.9 Å². The molecule has 0 atom stereocenters. The maximum Gasteiger partial charge on any atom is 0.176 e. The number of nitrogens with zero attached hydrogens (tertiary/aromatic N) is 2. The van der Waals surface area contributed by atoms with Crippen molar-refractivity contribution >= 4 is 20.9 Å². The van der Waals surface area contributed by atoms with Gasteiger partial charge in [0.15, 0.2) is 9.84 Å². The number of pyridine rings is 2. The Bertz CT molecular complexity index is 953. The van der Waals surface area contributed by atoms with Crippen LogP contribution in [-0.4, -0.2) is 29.7 Å². The fraction of sp³-hybridized carbons (Fsp3) is 0.0625. The van der Waals surface area contributed by atoms with Gasteiger partial charge in [0, 0.05) is 23.6 Å². The van der Waals surface area contributed by atoms with Gasteiger partial charge in [0.1, 0.15) is 6.61 Å². The molecule has 3 aromatic rings. The Morgan fingerprint density at radius 3 is 2.59 bits per heavy atom. The van der Waals surface area contributed by atoms with Gasteiger partial charge in [0.05, 0.1) is 21.6 Å². The topological polar surface area (TPSA) is 80.2 Å². The van der Waals surface area contributed by atoms with Crippen LogP contribution in [-0.2, 0) is 9.84 Å². The molecule has 0 bridgehead atoms. The third kappa shape index (κ3) is 2.58. The van der Waals surface area contributed by atoms with E-state index in [1.165, 1.54) is 6.07 Å². The van der Waals surface area contributed by atoms with Gasteiger partial charge in [-0.1, -0.05) is 18.2 Å². The lowest BCUT2D eigenvalue weighted by molar-refractivity contribution is 0.415. The van der Waals surface area contributed by atoms with Crippen molar-refractivity contribution < 1.29 is 13.5 Å². The molecule has 111 valence electrons. The second-order valence-corrected chi connectivity index (χ2v) is 6.85. The molecule has 3 rings (SSSR count). The van der Waals surface area contributed by atoms with E-state index in [1.54, 1.807) is 42.6 Å². The van der Waals surface area contributed by atoms with Crippen LogP contribution >= 0.6 is 0 Å². The minimum absolute atomic E-state index is 0.175. The maximum absolute atomic E-state index is 12.0. The molecule has 0 fully saturated rings. The number of hydrogen-bond donors (Lipinski definition) is 1. The Morgan fingerprint density at radius 1 is 1.09 bits per heavy atom. The van der Waals surface area contributed by atoms with E-state index in [4.69, 9.17) is 0 Å². The molecule has 0 saturated carbocycles. The van der Waals surface area contributed by atoms with Crippen molar-refractivity contribution in [2.75, 3.05) is 6.26 Å². The van der Waals surface area contributed by atoms with Gasteiger partial charge in [0.25, 0.3) is 0 Å². The molecule has 22 heavy (non-hydrogen) atoms. The van der Waals surface area contributed by atoms with Gasteiger partial charge < -0.3 is 5.11 Å². The lowest BCUT2D eigenvalue weighted by Crippen LogP contribution is -2.02. The monoisotopic (exact) mass is 313 g/mol. The van der Waals surface area contributed by atoms with Crippen LogP contribution in [0.15, 0.2) is 53.6 Å². The van der Waals surface area contributed by atoms with E-state index >= 15 is 0 Å². The fourth-order valence-corrected chi connectivity index (χ4v) is 3.21. The minimum atomic E-state index is -3.41. The maximum atomic E-state index is 12.0. The van der Waals surface area contributed by atoms with Crippen LogP contribution in [0.3, 0.4) is 0 Å². The number of aromatic nitrogens is 2. The molecule has 2 aromatic heterocycles. The van der Waals surface area contributed by atoms with E-state index < -0.39 is 9.84 Å². The Hall–Kier alpha value is -2.31. The van der Waals surface area contributed by atoms with Gasteiger partial charge >= 0.3 is 0 Å². The van der Waals surface area contributed by atoms with Gasteiger partial charge in [-0.3, -0.25) is 4.98 Å². The number of benzene rings is 1. The SMILES string of the molecule is CS(=O)(=O)c1ccccc1-c1nc2cccnc2cc1[CH]O. The van der Waals surface area contributed by atoms with E-state index in [0.717, 1.165) is 12.9 Å². The van der Waals surface area contributed by atoms with Crippen LogP contribution in [0.2, 0.25) is 0 Å². The quantitative estimate of drug-likeness (QED) is 0.804. The molecule has 1 radical (unpaired) electrons. The van der Waals surface area contributed by atoms with Crippen LogP contribution < -0.4 is 0 Å². The molecule has 0 aliphatic heterocycles. The number of rotatable bonds is 3.